The van der Waals surface area contributed by atoms with E-state index in [-0.39, 0.29) is 11.3 Å². The van der Waals surface area contributed by atoms with E-state index in [1.54, 1.807) is 0 Å². The van der Waals surface area contributed by atoms with Gasteiger partial charge in [-0.15, -0.1) is 0 Å². The van der Waals surface area contributed by atoms with Crippen molar-refractivity contribution in [3.05, 3.63) is 29.3 Å². The fourth-order valence-electron chi connectivity index (χ4n) is 4.97. The molecular weight excluding hydrogens is 302 g/mol. The molecule has 1 aromatic rings. The fourth-order valence-corrected chi connectivity index (χ4v) is 4.97. The van der Waals surface area contributed by atoms with Gasteiger partial charge in [-0.25, -0.2) is 0 Å². The topological polar surface area (TPSA) is 47.6 Å². The predicted octanol–water partition coefficient (Wildman–Crippen LogP) is 3.15. The van der Waals surface area contributed by atoms with Crippen molar-refractivity contribution in [1.82, 2.24) is 5.32 Å². The van der Waals surface area contributed by atoms with Crippen molar-refractivity contribution >= 4 is 5.91 Å². The van der Waals surface area contributed by atoms with Gasteiger partial charge in [0, 0.05) is 24.0 Å². The summed E-state index contributed by atoms with van der Waals surface area (Å²) in [5.41, 5.74) is 2.49. The highest BCUT2D eigenvalue weighted by atomic mass is 16.5. The Morgan fingerprint density at radius 3 is 2.75 bits per heavy atom. The number of ether oxygens (including phenoxy) is 2. The summed E-state index contributed by atoms with van der Waals surface area (Å²) in [6, 6.07) is 6.43. The van der Waals surface area contributed by atoms with Gasteiger partial charge >= 0.3 is 0 Å². The van der Waals surface area contributed by atoms with Crippen LogP contribution in [0.1, 0.15) is 43.2 Å². The molecule has 0 aromatic heterocycles. The maximum Gasteiger partial charge on any atom is 0.223 e. The highest BCUT2D eigenvalue weighted by Crippen LogP contribution is 2.62. The average molecular weight is 329 g/mol. The third kappa shape index (κ3) is 2.43. The van der Waals surface area contributed by atoms with Gasteiger partial charge in [-0.1, -0.05) is 24.6 Å². The molecule has 0 unspecified atom stereocenters. The van der Waals surface area contributed by atoms with Gasteiger partial charge < -0.3 is 14.8 Å². The number of amides is 1. The average Bonchev–Trinajstić information content (AvgIpc) is 2.91. The van der Waals surface area contributed by atoms with E-state index in [1.165, 1.54) is 19.3 Å². The summed E-state index contributed by atoms with van der Waals surface area (Å²) >= 11 is 0. The molecule has 2 aliphatic carbocycles. The van der Waals surface area contributed by atoms with Crippen molar-refractivity contribution < 1.29 is 14.3 Å². The highest BCUT2D eigenvalue weighted by molar-refractivity contribution is 5.76. The molecule has 2 saturated carbocycles. The molecule has 130 valence electrons. The van der Waals surface area contributed by atoms with Crippen LogP contribution in [-0.4, -0.2) is 31.3 Å². The van der Waals surface area contributed by atoms with E-state index in [0.717, 1.165) is 29.9 Å². The summed E-state index contributed by atoms with van der Waals surface area (Å²) in [6.45, 7) is 5.37. The second-order valence-corrected chi connectivity index (χ2v) is 7.70. The Balaban J connectivity index is 1.30. The molecule has 1 aliphatic heterocycles. The molecule has 0 bridgehead atoms. The van der Waals surface area contributed by atoms with Gasteiger partial charge in [-0.05, 0) is 44.2 Å². The molecule has 0 radical (unpaired) electrons. The standard InChI is InChI=1S/C20H27NO3/c1-13-5-3-6-14(2)17(13)23-12-8-16(22)21-18-15-7-11-24-19(15)20(18)9-4-10-20/h3,5-6,15,18-19H,4,7-12H2,1-2H3,(H,21,22)/t15-,18+,19+/m0/s1. The van der Waals surface area contributed by atoms with Gasteiger partial charge in [0.1, 0.15) is 5.75 Å². The Kier molecular flexibility index (Phi) is 4.03. The summed E-state index contributed by atoms with van der Waals surface area (Å²) in [4.78, 5) is 12.4. The Labute approximate surface area is 143 Å². The first-order chi connectivity index (χ1) is 11.6. The normalized spacial score (nSPS) is 29.5. The Hall–Kier alpha value is -1.55. The molecule has 1 amide bonds. The number of fused-ring (bicyclic) bond motifs is 2. The number of hydrogen-bond acceptors (Lipinski definition) is 3. The second-order valence-electron chi connectivity index (χ2n) is 7.70. The Morgan fingerprint density at radius 2 is 2.08 bits per heavy atom. The molecule has 1 heterocycles. The van der Waals surface area contributed by atoms with Crippen molar-refractivity contribution in [3.8, 4) is 5.75 Å². The molecule has 1 N–H and O–H groups in total. The Bertz CT molecular complexity index is 618. The monoisotopic (exact) mass is 329 g/mol. The van der Waals surface area contributed by atoms with E-state index in [1.807, 2.05) is 32.0 Å². The number of aryl methyl sites for hydroxylation is 2. The smallest absolute Gasteiger partial charge is 0.223 e. The quantitative estimate of drug-likeness (QED) is 0.903. The maximum atomic E-state index is 12.4. The molecule has 4 heteroatoms. The number of carbonyl (C=O) groups excluding carboxylic acids is 1. The number of nitrogens with one attached hydrogen (secondary N) is 1. The predicted molar refractivity (Wildman–Crippen MR) is 92.1 cm³/mol. The number of para-hydroxylation sites is 1. The van der Waals surface area contributed by atoms with Crippen LogP contribution in [0.5, 0.6) is 5.75 Å². The Morgan fingerprint density at radius 1 is 1.33 bits per heavy atom. The minimum Gasteiger partial charge on any atom is -0.493 e. The first-order valence-corrected chi connectivity index (χ1v) is 9.22. The minimum absolute atomic E-state index is 0.114. The summed E-state index contributed by atoms with van der Waals surface area (Å²) in [7, 11) is 0. The molecule has 1 aromatic carbocycles. The number of hydrogen-bond donors (Lipinski definition) is 1. The molecule has 3 fully saturated rings. The third-order valence-electron chi connectivity index (χ3n) is 6.34. The lowest BCUT2D eigenvalue weighted by Crippen LogP contribution is -2.71. The van der Waals surface area contributed by atoms with Crippen LogP contribution >= 0.6 is 0 Å². The van der Waals surface area contributed by atoms with Crippen LogP contribution in [0.2, 0.25) is 0 Å². The van der Waals surface area contributed by atoms with Crippen LogP contribution in [0.3, 0.4) is 0 Å². The molecule has 24 heavy (non-hydrogen) atoms. The van der Waals surface area contributed by atoms with Crippen molar-refractivity contribution in [2.75, 3.05) is 13.2 Å². The molecule has 4 rings (SSSR count). The summed E-state index contributed by atoms with van der Waals surface area (Å²) in [6.07, 6.45) is 5.60. The first kappa shape index (κ1) is 15.9. The van der Waals surface area contributed by atoms with Crippen LogP contribution in [0.15, 0.2) is 18.2 Å². The van der Waals surface area contributed by atoms with Crippen molar-refractivity contribution in [2.45, 2.75) is 58.1 Å². The van der Waals surface area contributed by atoms with Gasteiger partial charge in [0.25, 0.3) is 0 Å². The molecule has 1 saturated heterocycles. The van der Waals surface area contributed by atoms with Crippen LogP contribution in [0.25, 0.3) is 0 Å². The van der Waals surface area contributed by atoms with E-state index in [0.29, 0.717) is 31.1 Å². The van der Waals surface area contributed by atoms with Crippen molar-refractivity contribution in [2.24, 2.45) is 11.3 Å². The molecular formula is C20H27NO3. The zero-order valence-electron chi connectivity index (χ0n) is 14.6. The summed E-state index contributed by atoms with van der Waals surface area (Å²) in [5.74, 6) is 1.56. The number of carbonyl (C=O) groups is 1. The third-order valence-corrected chi connectivity index (χ3v) is 6.34. The van der Waals surface area contributed by atoms with Gasteiger partial charge in [-0.3, -0.25) is 4.79 Å². The van der Waals surface area contributed by atoms with Crippen LogP contribution in [-0.2, 0) is 9.53 Å². The molecule has 1 spiro atoms. The second kappa shape index (κ2) is 6.07. The van der Waals surface area contributed by atoms with Gasteiger partial charge in [-0.2, -0.15) is 0 Å². The molecule has 4 nitrogen and oxygen atoms in total. The molecule has 3 aliphatic rings. The van der Waals surface area contributed by atoms with Crippen molar-refractivity contribution in [3.63, 3.8) is 0 Å². The van der Waals surface area contributed by atoms with Crippen LogP contribution in [0, 0.1) is 25.2 Å². The van der Waals surface area contributed by atoms with Crippen LogP contribution in [0.4, 0.5) is 0 Å². The summed E-state index contributed by atoms with van der Waals surface area (Å²) < 4.78 is 11.8. The number of rotatable bonds is 5. The van der Waals surface area contributed by atoms with Gasteiger partial charge in [0.05, 0.1) is 19.1 Å². The zero-order chi connectivity index (χ0) is 16.7. The fraction of sp³-hybridized carbons (Fsp3) is 0.650. The lowest BCUT2D eigenvalue weighted by molar-refractivity contribution is -0.179. The molecule has 3 atom stereocenters. The van der Waals surface area contributed by atoms with E-state index in [2.05, 4.69) is 5.32 Å². The maximum absolute atomic E-state index is 12.4. The van der Waals surface area contributed by atoms with E-state index >= 15 is 0 Å². The number of benzene rings is 1. The van der Waals surface area contributed by atoms with Crippen LogP contribution < -0.4 is 10.1 Å². The minimum atomic E-state index is 0.114. The summed E-state index contributed by atoms with van der Waals surface area (Å²) in [5, 5.41) is 3.30. The van der Waals surface area contributed by atoms with Gasteiger partial charge in [0.15, 0.2) is 0 Å². The highest BCUT2D eigenvalue weighted by Gasteiger charge is 2.66. The first-order valence-electron chi connectivity index (χ1n) is 9.22. The van der Waals surface area contributed by atoms with Gasteiger partial charge in [0.2, 0.25) is 5.91 Å². The van der Waals surface area contributed by atoms with E-state index in [9.17, 15) is 4.79 Å². The lowest BCUT2D eigenvalue weighted by Gasteiger charge is -2.63. The van der Waals surface area contributed by atoms with Crippen molar-refractivity contribution in [1.29, 1.82) is 0 Å². The SMILES string of the molecule is Cc1cccc(C)c1OCCC(=O)N[C@@H]1[C@@H]2CCO[C@H]2C12CCC2. The largest absolute Gasteiger partial charge is 0.493 e. The van der Waals surface area contributed by atoms with E-state index in [4.69, 9.17) is 9.47 Å². The zero-order valence-corrected chi connectivity index (χ0v) is 14.6. The van der Waals surface area contributed by atoms with E-state index < -0.39 is 0 Å². The lowest BCUT2D eigenvalue weighted by atomic mass is 9.46.